The number of nitrogens with zero attached hydrogens (tertiary/aromatic N) is 3. The Kier molecular flexibility index (Phi) is 3.54. The highest BCUT2D eigenvalue weighted by atomic mass is 35.5. The molecule has 2 heterocycles. The molecule has 5 nitrogen and oxygen atoms in total. The summed E-state index contributed by atoms with van der Waals surface area (Å²) in [4.78, 5) is 4.26. The fraction of sp³-hybridized carbons (Fsp3) is 0.333. The standard InChI is InChI=1S/C12H15ClN4O/c1-7-12(8(2)17(3)16-7)18-11-5-4-9(13)10(6-14)15-11/h4-5H,6,14H2,1-3H3. The number of hydrogen-bond donors (Lipinski definition) is 1. The minimum atomic E-state index is 0.279. The first-order chi connectivity index (χ1) is 8.52. The Hall–Kier alpha value is -1.59. The van der Waals surface area contributed by atoms with Gasteiger partial charge in [-0.3, -0.25) is 4.68 Å². The molecule has 0 amide bonds. The van der Waals surface area contributed by atoms with Crippen molar-refractivity contribution in [3.63, 3.8) is 0 Å². The monoisotopic (exact) mass is 266 g/mol. The lowest BCUT2D eigenvalue weighted by Crippen LogP contribution is -2.02. The van der Waals surface area contributed by atoms with Gasteiger partial charge >= 0.3 is 0 Å². The smallest absolute Gasteiger partial charge is 0.219 e. The molecule has 0 aliphatic rings. The van der Waals surface area contributed by atoms with Crippen LogP contribution >= 0.6 is 11.6 Å². The first kappa shape index (κ1) is 12.9. The Morgan fingerprint density at radius 2 is 2.11 bits per heavy atom. The highest BCUT2D eigenvalue weighted by Gasteiger charge is 2.13. The van der Waals surface area contributed by atoms with E-state index >= 15 is 0 Å². The van der Waals surface area contributed by atoms with Crippen LogP contribution in [-0.2, 0) is 13.6 Å². The number of pyridine rings is 1. The van der Waals surface area contributed by atoms with E-state index in [4.69, 9.17) is 22.1 Å². The van der Waals surface area contributed by atoms with Gasteiger partial charge in [-0.1, -0.05) is 11.6 Å². The van der Waals surface area contributed by atoms with Gasteiger partial charge in [-0.2, -0.15) is 5.10 Å². The maximum atomic E-state index is 5.95. The first-order valence-electron chi connectivity index (χ1n) is 5.56. The lowest BCUT2D eigenvalue weighted by Gasteiger charge is -2.07. The van der Waals surface area contributed by atoms with Gasteiger partial charge in [-0.05, 0) is 19.9 Å². The Bertz CT molecular complexity index is 580. The topological polar surface area (TPSA) is 66.0 Å². The van der Waals surface area contributed by atoms with Gasteiger partial charge in [0.05, 0.1) is 16.4 Å². The average molecular weight is 267 g/mol. The summed E-state index contributed by atoms with van der Waals surface area (Å²) in [6.45, 7) is 4.11. The molecule has 0 saturated heterocycles. The van der Waals surface area contributed by atoms with E-state index in [1.54, 1.807) is 16.8 Å². The summed E-state index contributed by atoms with van der Waals surface area (Å²) in [5.41, 5.74) is 7.94. The van der Waals surface area contributed by atoms with E-state index in [0.29, 0.717) is 16.6 Å². The lowest BCUT2D eigenvalue weighted by molar-refractivity contribution is 0.453. The van der Waals surface area contributed by atoms with Gasteiger partial charge in [0.1, 0.15) is 5.69 Å². The van der Waals surface area contributed by atoms with Gasteiger partial charge in [0.15, 0.2) is 5.75 Å². The highest BCUT2D eigenvalue weighted by Crippen LogP contribution is 2.28. The third-order valence-electron chi connectivity index (χ3n) is 2.74. The van der Waals surface area contributed by atoms with Crippen LogP contribution in [-0.4, -0.2) is 14.8 Å². The van der Waals surface area contributed by atoms with Crippen LogP contribution in [0.5, 0.6) is 11.6 Å². The molecule has 0 atom stereocenters. The fourth-order valence-corrected chi connectivity index (χ4v) is 1.85. The molecular formula is C12H15ClN4O. The molecule has 0 aliphatic carbocycles. The molecule has 96 valence electrons. The summed E-state index contributed by atoms with van der Waals surface area (Å²) in [5.74, 6) is 1.19. The molecule has 2 rings (SSSR count). The van der Waals surface area contributed by atoms with E-state index in [1.807, 2.05) is 20.9 Å². The summed E-state index contributed by atoms with van der Waals surface area (Å²) in [6.07, 6.45) is 0. The van der Waals surface area contributed by atoms with Crippen LogP contribution in [0.25, 0.3) is 0 Å². The summed E-state index contributed by atoms with van der Waals surface area (Å²) in [6, 6.07) is 3.44. The van der Waals surface area contributed by atoms with Gasteiger partial charge in [0, 0.05) is 19.7 Å². The quantitative estimate of drug-likeness (QED) is 0.926. The average Bonchev–Trinajstić information content (AvgIpc) is 2.58. The predicted octanol–water partition coefficient (Wildman–Crippen LogP) is 2.34. The number of ether oxygens (including phenoxy) is 1. The Balaban J connectivity index is 2.34. The van der Waals surface area contributed by atoms with Crippen molar-refractivity contribution in [1.82, 2.24) is 14.8 Å². The molecular weight excluding hydrogens is 252 g/mol. The number of halogens is 1. The summed E-state index contributed by atoms with van der Waals surface area (Å²) < 4.78 is 7.52. The van der Waals surface area contributed by atoms with Crippen LogP contribution < -0.4 is 10.5 Å². The Morgan fingerprint density at radius 3 is 2.67 bits per heavy atom. The zero-order valence-corrected chi connectivity index (χ0v) is 11.3. The first-order valence-corrected chi connectivity index (χ1v) is 5.94. The van der Waals surface area contributed by atoms with E-state index < -0.39 is 0 Å². The SMILES string of the molecule is Cc1nn(C)c(C)c1Oc1ccc(Cl)c(CN)n1. The maximum Gasteiger partial charge on any atom is 0.219 e. The van der Waals surface area contributed by atoms with Crippen molar-refractivity contribution in [2.45, 2.75) is 20.4 Å². The second-order valence-corrected chi connectivity index (χ2v) is 4.41. The van der Waals surface area contributed by atoms with Gasteiger partial charge in [0.2, 0.25) is 5.88 Å². The number of hydrogen-bond acceptors (Lipinski definition) is 4. The van der Waals surface area contributed by atoms with Crippen LogP contribution in [0.15, 0.2) is 12.1 Å². The van der Waals surface area contributed by atoms with Gasteiger partial charge < -0.3 is 10.5 Å². The lowest BCUT2D eigenvalue weighted by atomic mass is 10.3. The second kappa shape index (κ2) is 4.96. The van der Waals surface area contributed by atoms with E-state index in [2.05, 4.69) is 10.1 Å². The molecule has 0 spiro atoms. The maximum absolute atomic E-state index is 5.95. The van der Waals surface area contributed by atoms with Crippen LogP contribution in [0.1, 0.15) is 17.1 Å². The van der Waals surface area contributed by atoms with Crippen LogP contribution in [0.3, 0.4) is 0 Å². The highest BCUT2D eigenvalue weighted by molar-refractivity contribution is 6.31. The van der Waals surface area contributed by atoms with Crippen molar-refractivity contribution in [2.24, 2.45) is 12.8 Å². The van der Waals surface area contributed by atoms with Crippen LogP contribution in [0.4, 0.5) is 0 Å². The van der Waals surface area contributed by atoms with Gasteiger partial charge in [-0.15, -0.1) is 0 Å². The van der Waals surface area contributed by atoms with E-state index in [-0.39, 0.29) is 6.54 Å². The number of aromatic nitrogens is 3. The van der Waals surface area contributed by atoms with E-state index in [0.717, 1.165) is 17.1 Å². The molecule has 2 N–H and O–H groups in total. The number of nitrogens with two attached hydrogens (primary N) is 1. The van der Waals surface area contributed by atoms with E-state index in [1.165, 1.54) is 0 Å². The fourth-order valence-electron chi connectivity index (χ4n) is 1.67. The van der Waals surface area contributed by atoms with Crippen molar-refractivity contribution in [3.05, 3.63) is 34.2 Å². The summed E-state index contributed by atoms with van der Waals surface area (Å²) in [7, 11) is 1.87. The Morgan fingerprint density at radius 1 is 1.39 bits per heavy atom. The minimum absolute atomic E-state index is 0.279. The Labute approximate surface area is 111 Å². The third-order valence-corrected chi connectivity index (χ3v) is 3.08. The molecule has 0 aromatic carbocycles. The normalized spacial score (nSPS) is 10.7. The molecule has 0 unspecified atom stereocenters. The minimum Gasteiger partial charge on any atom is -0.435 e. The molecule has 2 aromatic heterocycles. The van der Waals surface area contributed by atoms with Crippen molar-refractivity contribution >= 4 is 11.6 Å². The second-order valence-electron chi connectivity index (χ2n) is 4.01. The van der Waals surface area contributed by atoms with Crippen molar-refractivity contribution in [2.75, 3.05) is 0 Å². The van der Waals surface area contributed by atoms with Crippen molar-refractivity contribution in [1.29, 1.82) is 0 Å². The largest absolute Gasteiger partial charge is 0.435 e. The zero-order valence-electron chi connectivity index (χ0n) is 10.6. The molecule has 6 heteroatoms. The molecule has 2 aromatic rings. The number of aryl methyl sites for hydroxylation is 2. The third kappa shape index (κ3) is 2.32. The van der Waals surface area contributed by atoms with Crippen molar-refractivity contribution in [3.8, 4) is 11.6 Å². The summed E-state index contributed by atoms with van der Waals surface area (Å²) in [5, 5.41) is 4.83. The van der Waals surface area contributed by atoms with Crippen LogP contribution in [0, 0.1) is 13.8 Å². The summed E-state index contributed by atoms with van der Waals surface area (Å²) >= 11 is 5.95. The molecule has 0 aliphatic heterocycles. The predicted molar refractivity (Wildman–Crippen MR) is 69.9 cm³/mol. The molecule has 0 fully saturated rings. The molecule has 18 heavy (non-hydrogen) atoms. The number of rotatable bonds is 3. The van der Waals surface area contributed by atoms with E-state index in [9.17, 15) is 0 Å². The molecule has 0 radical (unpaired) electrons. The van der Waals surface area contributed by atoms with Crippen molar-refractivity contribution < 1.29 is 4.74 Å². The molecule has 0 bridgehead atoms. The van der Waals surface area contributed by atoms with Gasteiger partial charge in [0.25, 0.3) is 0 Å². The molecule has 0 saturated carbocycles. The van der Waals surface area contributed by atoms with Gasteiger partial charge in [-0.25, -0.2) is 4.98 Å². The zero-order chi connectivity index (χ0) is 13.3. The van der Waals surface area contributed by atoms with Crippen LogP contribution in [0.2, 0.25) is 5.02 Å².